The molecular weight excluding hydrogens is 208 g/mol. The summed E-state index contributed by atoms with van der Waals surface area (Å²) < 4.78 is 0. The van der Waals surface area contributed by atoms with E-state index in [0.29, 0.717) is 6.04 Å². The molecule has 0 saturated heterocycles. The molecule has 2 nitrogen and oxygen atoms in total. The lowest BCUT2D eigenvalue weighted by molar-refractivity contribution is 0.672. The average Bonchev–Trinajstić information content (AvgIpc) is 2.40. The molecule has 1 aliphatic heterocycles. The van der Waals surface area contributed by atoms with Gasteiger partial charge in [0, 0.05) is 19.1 Å². The van der Waals surface area contributed by atoms with Crippen molar-refractivity contribution in [3.05, 3.63) is 23.2 Å². The van der Waals surface area contributed by atoms with Crippen LogP contribution in [0.5, 0.6) is 0 Å². The first-order valence-corrected chi connectivity index (χ1v) is 5.87. The van der Waals surface area contributed by atoms with E-state index in [-0.39, 0.29) is 0 Å². The maximum Gasteiger partial charge on any atom is 0.0793 e. The molecule has 2 rings (SSSR count). The normalized spacial score (nSPS) is 15.9. The lowest BCUT2D eigenvalue weighted by Crippen LogP contribution is -2.31. The van der Waals surface area contributed by atoms with Gasteiger partial charge in [0.1, 0.15) is 0 Å². The summed E-state index contributed by atoms with van der Waals surface area (Å²) in [6, 6.07) is 6.55. The Balaban J connectivity index is 2.47. The van der Waals surface area contributed by atoms with Gasteiger partial charge in [0.05, 0.1) is 16.4 Å². The van der Waals surface area contributed by atoms with Crippen LogP contribution >= 0.6 is 11.6 Å². The van der Waals surface area contributed by atoms with Crippen molar-refractivity contribution in [1.82, 2.24) is 0 Å². The molecule has 1 heterocycles. The number of fused-ring (bicyclic) bond motifs is 1. The number of anilines is 2. The zero-order valence-corrected chi connectivity index (χ0v) is 10.0. The fourth-order valence-corrected chi connectivity index (χ4v) is 2.33. The number of rotatable bonds is 1. The van der Waals surface area contributed by atoms with Gasteiger partial charge in [-0.1, -0.05) is 17.7 Å². The highest BCUT2D eigenvalue weighted by Gasteiger charge is 2.19. The van der Waals surface area contributed by atoms with Crippen LogP contribution in [0.3, 0.4) is 0 Å². The molecule has 0 saturated carbocycles. The van der Waals surface area contributed by atoms with E-state index in [1.165, 1.54) is 0 Å². The highest BCUT2D eigenvalue weighted by atomic mass is 35.5. The topological polar surface area (TPSA) is 15.3 Å². The lowest BCUT2D eigenvalue weighted by atomic mass is 10.2. The first kappa shape index (κ1) is 10.6. The average molecular weight is 225 g/mol. The molecule has 0 fully saturated rings. The van der Waals surface area contributed by atoms with Gasteiger partial charge < -0.3 is 10.2 Å². The van der Waals surface area contributed by atoms with E-state index >= 15 is 0 Å². The second kappa shape index (κ2) is 4.31. The molecule has 0 radical (unpaired) electrons. The van der Waals surface area contributed by atoms with Crippen LogP contribution in [0.2, 0.25) is 5.02 Å². The minimum absolute atomic E-state index is 0.489. The summed E-state index contributed by atoms with van der Waals surface area (Å²) in [5.74, 6) is 0. The molecule has 0 unspecified atom stereocenters. The number of nitrogens with one attached hydrogen (secondary N) is 1. The molecule has 1 aromatic carbocycles. The minimum atomic E-state index is 0.489. The minimum Gasteiger partial charge on any atom is -0.383 e. The Hall–Kier alpha value is -0.890. The number of para-hydroxylation sites is 1. The molecule has 0 aromatic heterocycles. The molecule has 1 aromatic rings. The van der Waals surface area contributed by atoms with Crippen LogP contribution in [-0.4, -0.2) is 19.1 Å². The van der Waals surface area contributed by atoms with Crippen LogP contribution in [-0.2, 0) is 0 Å². The summed E-state index contributed by atoms with van der Waals surface area (Å²) in [5.41, 5.74) is 2.32. The highest BCUT2D eigenvalue weighted by Crippen LogP contribution is 2.36. The summed E-state index contributed by atoms with van der Waals surface area (Å²) in [7, 11) is 0. The molecule has 1 aliphatic rings. The van der Waals surface area contributed by atoms with Gasteiger partial charge in [0.25, 0.3) is 0 Å². The van der Waals surface area contributed by atoms with Gasteiger partial charge in [-0.3, -0.25) is 0 Å². The van der Waals surface area contributed by atoms with Crippen LogP contribution in [0.1, 0.15) is 20.3 Å². The number of hydrogen-bond acceptors (Lipinski definition) is 2. The molecular formula is C12H17ClN2. The number of hydrogen-bond donors (Lipinski definition) is 1. The van der Waals surface area contributed by atoms with E-state index in [4.69, 9.17) is 11.6 Å². The van der Waals surface area contributed by atoms with Crippen molar-refractivity contribution < 1.29 is 0 Å². The molecule has 0 amide bonds. The SMILES string of the molecule is CC(C)N1CCCNc2cccc(Cl)c21. The molecule has 0 atom stereocenters. The smallest absolute Gasteiger partial charge is 0.0793 e. The third-order valence-corrected chi connectivity index (χ3v) is 3.09. The predicted octanol–water partition coefficient (Wildman–Crippen LogP) is 3.37. The second-order valence-electron chi connectivity index (χ2n) is 4.20. The van der Waals surface area contributed by atoms with Crippen molar-refractivity contribution >= 4 is 23.0 Å². The molecule has 15 heavy (non-hydrogen) atoms. The first-order chi connectivity index (χ1) is 7.20. The van der Waals surface area contributed by atoms with E-state index < -0.39 is 0 Å². The lowest BCUT2D eigenvalue weighted by Gasteiger charge is -2.29. The molecule has 0 spiro atoms. The third kappa shape index (κ3) is 2.05. The van der Waals surface area contributed by atoms with E-state index in [1.54, 1.807) is 0 Å². The van der Waals surface area contributed by atoms with Gasteiger partial charge in [-0.05, 0) is 32.4 Å². The molecule has 0 aliphatic carbocycles. The summed E-state index contributed by atoms with van der Waals surface area (Å²) in [4.78, 5) is 2.37. The van der Waals surface area contributed by atoms with E-state index in [0.717, 1.165) is 35.9 Å². The number of benzene rings is 1. The van der Waals surface area contributed by atoms with Gasteiger partial charge in [0.2, 0.25) is 0 Å². The van der Waals surface area contributed by atoms with E-state index in [2.05, 4.69) is 30.1 Å². The fraction of sp³-hybridized carbons (Fsp3) is 0.500. The van der Waals surface area contributed by atoms with Crippen molar-refractivity contribution in [3.63, 3.8) is 0 Å². The maximum absolute atomic E-state index is 6.27. The summed E-state index contributed by atoms with van der Waals surface area (Å²) in [6.07, 6.45) is 1.16. The Labute approximate surface area is 96.2 Å². The van der Waals surface area contributed by atoms with Crippen molar-refractivity contribution in [3.8, 4) is 0 Å². The van der Waals surface area contributed by atoms with Crippen molar-refractivity contribution in [2.75, 3.05) is 23.3 Å². The number of halogens is 1. The summed E-state index contributed by atoms with van der Waals surface area (Å²) in [6.45, 7) is 6.51. The van der Waals surface area contributed by atoms with Crippen LogP contribution in [0.25, 0.3) is 0 Å². The van der Waals surface area contributed by atoms with Crippen LogP contribution in [0.4, 0.5) is 11.4 Å². The van der Waals surface area contributed by atoms with Gasteiger partial charge in [0.15, 0.2) is 0 Å². The van der Waals surface area contributed by atoms with E-state index in [1.807, 2.05) is 12.1 Å². The Morgan fingerprint density at radius 3 is 2.93 bits per heavy atom. The van der Waals surface area contributed by atoms with Gasteiger partial charge >= 0.3 is 0 Å². The van der Waals surface area contributed by atoms with Gasteiger partial charge in [-0.2, -0.15) is 0 Å². The Kier molecular flexibility index (Phi) is 3.06. The zero-order valence-electron chi connectivity index (χ0n) is 9.26. The third-order valence-electron chi connectivity index (χ3n) is 2.79. The monoisotopic (exact) mass is 224 g/mol. The van der Waals surface area contributed by atoms with Crippen LogP contribution < -0.4 is 10.2 Å². The zero-order chi connectivity index (χ0) is 10.8. The van der Waals surface area contributed by atoms with E-state index in [9.17, 15) is 0 Å². The maximum atomic E-state index is 6.27. The van der Waals surface area contributed by atoms with Crippen LogP contribution in [0.15, 0.2) is 18.2 Å². The highest BCUT2D eigenvalue weighted by molar-refractivity contribution is 6.34. The fourth-order valence-electron chi connectivity index (χ4n) is 2.05. The van der Waals surface area contributed by atoms with Crippen molar-refractivity contribution in [2.45, 2.75) is 26.3 Å². The first-order valence-electron chi connectivity index (χ1n) is 5.49. The Morgan fingerprint density at radius 2 is 2.20 bits per heavy atom. The standard InChI is InChI=1S/C12H17ClN2/c1-9(2)15-8-4-7-14-11-6-3-5-10(13)12(11)15/h3,5-6,9,14H,4,7-8H2,1-2H3. The quantitative estimate of drug-likeness (QED) is 0.787. The molecule has 3 heteroatoms. The summed E-state index contributed by atoms with van der Waals surface area (Å²) in [5, 5.41) is 4.27. The van der Waals surface area contributed by atoms with Crippen molar-refractivity contribution in [1.29, 1.82) is 0 Å². The van der Waals surface area contributed by atoms with Gasteiger partial charge in [-0.15, -0.1) is 0 Å². The molecule has 1 N–H and O–H groups in total. The van der Waals surface area contributed by atoms with Gasteiger partial charge in [-0.25, -0.2) is 0 Å². The molecule has 0 bridgehead atoms. The predicted molar refractivity (Wildman–Crippen MR) is 67.0 cm³/mol. The number of nitrogens with zero attached hydrogens (tertiary/aromatic N) is 1. The Morgan fingerprint density at radius 1 is 1.40 bits per heavy atom. The Bertz CT molecular complexity index is 349. The largest absolute Gasteiger partial charge is 0.383 e. The molecule has 82 valence electrons. The van der Waals surface area contributed by atoms with Crippen molar-refractivity contribution in [2.24, 2.45) is 0 Å². The van der Waals surface area contributed by atoms with Crippen LogP contribution in [0, 0.1) is 0 Å². The summed E-state index contributed by atoms with van der Waals surface area (Å²) >= 11 is 6.27. The second-order valence-corrected chi connectivity index (χ2v) is 4.61.